The molecule has 0 atom stereocenters. The van der Waals surface area contributed by atoms with Gasteiger partial charge in [-0.15, -0.1) is 11.3 Å². The van der Waals surface area contributed by atoms with Crippen molar-refractivity contribution >= 4 is 121 Å². The third-order valence-electron chi connectivity index (χ3n) is 23.1. The van der Waals surface area contributed by atoms with E-state index in [0.717, 1.165) is 46.7 Å². The van der Waals surface area contributed by atoms with Gasteiger partial charge in [-0.3, -0.25) is 0 Å². The van der Waals surface area contributed by atoms with Crippen LogP contribution in [0.15, 0.2) is 162 Å². The van der Waals surface area contributed by atoms with E-state index in [0.29, 0.717) is 5.41 Å². The summed E-state index contributed by atoms with van der Waals surface area (Å²) in [6, 6.07) is 62.9. The van der Waals surface area contributed by atoms with Crippen LogP contribution in [0.25, 0.3) is 96.9 Å². The van der Waals surface area contributed by atoms with Gasteiger partial charge < -0.3 is 13.8 Å². The second-order valence-electron chi connectivity index (χ2n) is 28.9. The Morgan fingerprint density at radius 1 is 0.494 bits per heavy atom. The lowest BCUT2D eigenvalue weighted by Crippen LogP contribution is -2.56. The van der Waals surface area contributed by atoms with Gasteiger partial charge in [0, 0.05) is 80.8 Å². The van der Waals surface area contributed by atoms with Gasteiger partial charge in [0.05, 0.1) is 5.69 Å². The van der Waals surface area contributed by atoms with E-state index in [1.165, 1.54) is 196 Å². The Kier molecular flexibility index (Phi) is 8.72. The molecule has 0 spiro atoms. The molecule has 0 amide bonds. The van der Waals surface area contributed by atoms with Crippen LogP contribution in [-0.4, -0.2) is 11.3 Å². The average molecular weight is 1070 g/mol. The topological polar surface area (TPSA) is 21.3 Å². The Hall–Kier alpha value is -7.08. The summed E-state index contributed by atoms with van der Waals surface area (Å²) in [5.74, 6) is 5.22. The number of nitrogens with zero attached hydrogens (tertiary/aromatic N) is 2. The summed E-state index contributed by atoms with van der Waals surface area (Å²) in [4.78, 5) is 2.73. The molecule has 5 heteroatoms. The number of hydrogen-bond acceptors (Lipinski definition) is 3. The molecule has 3 aromatic heterocycles. The van der Waals surface area contributed by atoms with E-state index in [2.05, 4.69) is 188 Å². The molecule has 8 fully saturated rings. The Morgan fingerprint density at radius 3 is 1.83 bits per heavy atom. The number of anilines is 3. The Bertz CT molecular complexity index is 4720. The number of benzene rings is 9. The van der Waals surface area contributed by atoms with Gasteiger partial charge in [-0.2, -0.15) is 0 Å². The van der Waals surface area contributed by atoms with Crippen molar-refractivity contribution in [1.29, 1.82) is 0 Å². The summed E-state index contributed by atoms with van der Waals surface area (Å²) in [7, 11) is 0. The van der Waals surface area contributed by atoms with E-state index in [9.17, 15) is 0 Å². The number of hydrogen-bond donors (Lipinski definition) is 0. The minimum atomic E-state index is -0.107. The molecule has 9 aromatic carbocycles. The molecule has 3 nitrogen and oxygen atoms in total. The lowest BCUT2D eigenvalue weighted by atomic mass is 9.44. The monoisotopic (exact) mass is 1060 g/mol. The number of furan rings is 1. The van der Waals surface area contributed by atoms with Crippen LogP contribution >= 0.6 is 11.3 Å². The van der Waals surface area contributed by atoms with Crippen LogP contribution in [0.4, 0.5) is 17.1 Å². The fraction of sp³-hybridized carbons (Fsp3) is 0.316. The third-order valence-corrected chi connectivity index (χ3v) is 24.3. The summed E-state index contributed by atoms with van der Waals surface area (Å²) >= 11 is 1.97. The highest BCUT2D eigenvalue weighted by atomic mass is 32.1. The van der Waals surface area contributed by atoms with Gasteiger partial charge >= 0.3 is 6.85 Å². The molecule has 0 unspecified atom stereocenters. The van der Waals surface area contributed by atoms with Crippen molar-refractivity contribution in [3.05, 3.63) is 174 Å². The molecular formula is C76H65BN2OS. The molecular weight excluding hydrogens is 1000 g/mol. The van der Waals surface area contributed by atoms with Crippen LogP contribution in [-0.2, 0) is 16.2 Å². The van der Waals surface area contributed by atoms with Gasteiger partial charge in [-0.1, -0.05) is 106 Å². The first-order valence-corrected chi connectivity index (χ1v) is 31.9. The number of fused-ring (bicyclic) bond motifs is 15. The zero-order valence-electron chi connectivity index (χ0n) is 46.7. The lowest BCUT2D eigenvalue weighted by Gasteiger charge is -2.57. The van der Waals surface area contributed by atoms with Gasteiger partial charge in [-0.05, 0) is 246 Å². The van der Waals surface area contributed by atoms with Gasteiger partial charge in [0.1, 0.15) is 11.2 Å². The molecule has 8 bridgehead atoms. The molecule has 22 rings (SSSR count). The van der Waals surface area contributed by atoms with Crippen molar-refractivity contribution in [2.75, 3.05) is 4.90 Å². The Balaban J connectivity index is 0.947. The number of rotatable bonds is 4. The first kappa shape index (κ1) is 45.5. The van der Waals surface area contributed by atoms with Gasteiger partial charge in [-0.25, -0.2) is 0 Å². The Morgan fingerprint density at radius 2 is 1.11 bits per heavy atom. The van der Waals surface area contributed by atoms with Crippen molar-refractivity contribution < 1.29 is 4.42 Å². The maximum absolute atomic E-state index is 7.49. The van der Waals surface area contributed by atoms with Crippen LogP contribution in [0, 0.1) is 35.5 Å². The molecule has 5 heterocycles. The molecule has 8 aliphatic carbocycles. The Labute approximate surface area is 478 Å². The molecule has 12 aromatic rings. The first-order chi connectivity index (χ1) is 39.6. The number of thiophene rings is 1. The quantitative estimate of drug-likeness (QED) is 0.164. The summed E-state index contributed by atoms with van der Waals surface area (Å²) in [6.45, 7) is 6.97. The second-order valence-corrected chi connectivity index (χ2v) is 30.0. The molecule has 0 radical (unpaired) electrons. The fourth-order valence-electron chi connectivity index (χ4n) is 20.6. The molecule has 8 saturated carbocycles. The van der Waals surface area contributed by atoms with Gasteiger partial charge in [0.15, 0.2) is 0 Å². The van der Waals surface area contributed by atoms with Crippen LogP contribution < -0.4 is 15.8 Å². The van der Waals surface area contributed by atoms with E-state index in [1.54, 1.807) is 11.1 Å². The van der Waals surface area contributed by atoms with Crippen molar-refractivity contribution in [3.8, 4) is 22.3 Å². The zero-order chi connectivity index (χ0) is 53.0. The highest BCUT2D eigenvalue weighted by molar-refractivity contribution is 7.26. The van der Waals surface area contributed by atoms with Crippen LogP contribution in [0.1, 0.15) is 115 Å². The molecule has 10 aliphatic rings. The van der Waals surface area contributed by atoms with Crippen LogP contribution in [0.5, 0.6) is 0 Å². The number of para-hydroxylation sites is 1. The largest absolute Gasteiger partial charge is 0.455 e. The number of aromatic nitrogens is 1. The van der Waals surface area contributed by atoms with Crippen LogP contribution in [0.3, 0.4) is 0 Å². The van der Waals surface area contributed by atoms with Crippen molar-refractivity contribution in [3.63, 3.8) is 0 Å². The van der Waals surface area contributed by atoms with Crippen molar-refractivity contribution in [2.24, 2.45) is 35.5 Å². The standard InChI is InChI=1S/C76H65BN2OS/c1-74(2,3)51-17-19-63(55(29-51)48-11-5-4-6-12-48)78-65-33-58-57-27-49-13-7-8-14-50(49)28-68(57)81-69(58)35-62(65)77-71-66(78)34-60-54-15-9-10-16-67(54)80-73(60)70(71)61-32-53(76-39-45-24-46(40-76)26-47(25-45)41-76)31-59-56-30-52(18-20-64(56)79(77)72(59)61)75-36-42-21-43(37-75)23-44(22-42)38-75/h4-20,27-35,42-47H,21-26,36-41H2,1-3H3. The van der Waals surface area contributed by atoms with Crippen molar-refractivity contribution in [1.82, 2.24) is 4.48 Å². The smallest absolute Gasteiger partial charge is 0.333 e. The average Bonchev–Trinajstić information content (AvgIpc) is 1.91. The predicted octanol–water partition coefficient (Wildman–Crippen LogP) is 19.5. The van der Waals surface area contributed by atoms with E-state index >= 15 is 0 Å². The third kappa shape index (κ3) is 6.12. The molecule has 2 aliphatic heterocycles. The first-order valence-electron chi connectivity index (χ1n) is 31.1. The maximum atomic E-state index is 7.49. The van der Waals surface area contributed by atoms with E-state index in [1.807, 2.05) is 11.3 Å². The highest BCUT2D eigenvalue weighted by Gasteiger charge is 2.54. The minimum absolute atomic E-state index is 0.0419. The molecule has 0 saturated heterocycles. The predicted molar refractivity (Wildman–Crippen MR) is 341 cm³/mol. The highest BCUT2D eigenvalue weighted by Crippen LogP contribution is 2.64. The summed E-state index contributed by atoms with van der Waals surface area (Å²) in [5, 5.41) is 10.6. The fourth-order valence-corrected chi connectivity index (χ4v) is 21.7. The SMILES string of the molecule is CC(C)(C)c1ccc(N2c3cc4c(cc3B3c5c2cc2c(oc6ccccc62)c5-c2cc(C56CC7CC(CC(C7)C5)C6)cc5c6cc(C78CC9CC(CC(C9)C7)C8)ccc6n3c25)sc2cc3ccccc3cc24)c(-c2ccccc2)c1. The second kappa shape index (κ2) is 15.5. The van der Waals surface area contributed by atoms with E-state index in [4.69, 9.17) is 4.42 Å². The van der Waals surface area contributed by atoms with Crippen molar-refractivity contribution in [2.45, 2.75) is 114 Å². The normalized spacial score (nSPS) is 26.7. The van der Waals surface area contributed by atoms with E-state index in [-0.39, 0.29) is 17.7 Å². The summed E-state index contributed by atoms with van der Waals surface area (Å²) < 4.78 is 13.1. The van der Waals surface area contributed by atoms with Gasteiger partial charge in [0.2, 0.25) is 0 Å². The lowest BCUT2D eigenvalue weighted by molar-refractivity contribution is -0.00527. The molecule has 394 valence electrons. The molecule has 81 heavy (non-hydrogen) atoms. The van der Waals surface area contributed by atoms with Gasteiger partial charge in [0.25, 0.3) is 0 Å². The summed E-state index contributed by atoms with van der Waals surface area (Å²) in [6.07, 6.45) is 16.9. The van der Waals surface area contributed by atoms with E-state index < -0.39 is 0 Å². The zero-order valence-corrected chi connectivity index (χ0v) is 47.6. The molecule has 0 N–H and O–H groups in total. The summed E-state index contributed by atoms with van der Waals surface area (Å²) in [5.41, 5.74) is 21.5. The maximum Gasteiger partial charge on any atom is 0.333 e. The van der Waals surface area contributed by atoms with Crippen LogP contribution in [0.2, 0.25) is 0 Å². The minimum Gasteiger partial charge on any atom is -0.455 e.